The smallest absolute Gasteiger partial charge is 0.376 e. The maximum Gasteiger partial charge on any atom is 0.534 e. The zero-order valence-electron chi connectivity index (χ0n) is 31.9. The van der Waals surface area contributed by atoms with Gasteiger partial charge in [-0.15, -0.1) is 0 Å². The van der Waals surface area contributed by atoms with E-state index in [2.05, 4.69) is 47.5 Å². The average molecular weight is 870 g/mol. The Kier molecular flexibility index (Phi) is 12.6. The van der Waals surface area contributed by atoms with Crippen molar-refractivity contribution >= 4 is 54.9 Å². The van der Waals surface area contributed by atoms with Crippen molar-refractivity contribution in [1.29, 1.82) is 0 Å². The molecule has 0 heterocycles. The lowest BCUT2D eigenvalue weighted by atomic mass is 9.96. The standard InChI is InChI=1S/C26H22ClF.C23H13ClF4O3S/c1-2-3-4-18-5-6-21-16-22(8-7-20(21)15-18)23-11-14-25(26(28)17-23)19-9-12-24(27)13-10-19;24-19-7-3-14(4-8-19)21-10-6-18(13-22(21)25)15-1-2-17-12-20(9-5-16(17)11-15)31-32(29,30)23(26,27)28/h5-17H,2-4H2,1H3;1-13H. The topological polar surface area (TPSA) is 43.4 Å². The van der Waals surface area contributed by atoms with Crippen LogP contribution in [0.15, 0.2) is 158 Å². The van der Waals surface area contributed by atoms with Gasteiger partial charge in [0.2, 0.25) is 0 Å². The molecule has 60 heavy (non-hydrogen) atoms. The summed E-state index contributed by atoms with van der Waals surface area (Å²) in [6.45, 7) is 2.21. The van der Waals surface area contributed by atoms with Crippen molar-refractivity contribution in [2.24, 2.45) is 0 Å². The SMILES string of the molecule is CCCCc1ccc2cc(-c3ccc(-c4ccc(Cl)cc4)c(F)c3)ccc2c1.O=S(=O)(Oc1ccc2cc(-c3ccc(-c4ccc(Cl)cc4)c(F)c3)ccc2c1)C(F)(F)F. The normalized spacial score (nSPS) is 11.7. The zero-order valence-corrected chi connectivity index (χ0v) is 34.2. The van der Waals surface area contributed by atoms with Gasteiger partial charge in [-0.05, 0) is 134 Å². The highest BCUT2D eigenvalue weighted by Crippen LogP contribution is 2.34. The fraction of sp³-hybridized carbons (Fsp3) is 0.102. The van der Waals surface area contributed by atoms with Gasteiger partial charge >= 0.3 is 15.6 Å². The third kappa shape index (κ3) is 9.82. The second-order valence-corrected chi connectivity index (χ2v) is 16.5. The molecule has 11 heteroatoms. The Hall–Kier alpha value is -5.74. The quantitative estimate of drug-likeness (QED) is 0.0824. The Morgan fingerprint density at radius 2 is 0.900 bits per heavy atom. The molecule has 0 spiro atoms. The Bertz CT molecular complexity index is 2930. The number of hydrogen-bond donors (Lipinski definition) is 0. The Morgan fingerprint density at radius 3 is 1.37 bits per heavy atom. The average Bonchev–Trinajstić information content (AvgIpc) is 3.23. The molecule has 0 radical (unpaired) electrons. The molecule has 0 atom stereocenters. The van der Waals surface area contributed by atoms with Crippen LogP contribution >= 0.6 is 23.2 Å². The molecule has 0 fully saturated rings. The molecular weight excluding hydrogens is 834 g/mol. The maximum absolute atomic E-state index is 14.8. The summed E-state index contributed by atoms with van der Waals surface area (Å²) in [7, 11) is -5.75. The number of aryl methyl sites for hydroxylation is 1. The molecule has 0 aliphatic carbocycles. The minimum Gasteiger partial charge on any atom is -0.376 e. The van der Waals surface area contributed by atoms with Gasteiger partial charge in [0, 0.05) is 21.2 Å². The number of rotatable bonds is 9. The number of hydrogen-bond acceptors (Lipinski definition) is 3. The third-order valence-electron chi connectivity index (χ3n) is 9.94. The number of fused-ring (bicyclic) bond motifs is 2. The van der Waals surface area contributed by atoms with Crippen molar-refractivity contribution in [2.45, 2.75) is 31.7 Å². The first-order valence-electron chi connectivity index (χ1n) is 18.9. The van der Waals surface area contributed by atoms with Crippen LogP contribution in [0.3, 0.4) is 0 Å². The van der Waals surface area contributed by atoms with E-state index in [1.165, 1.54) is 47.4 Å². The van der Waals surface area contributed by atoms with E-state index in [1.807, 2.05) is 24.3 Å². The molecule has 0 aliphatic heterocycles. The predicted octanol–water partition coefficient (Wildman–Crippen LogP) is 15.5. The molecule has 8 rings (SSSR count). The molecule has 3 nitrogen and oxygen atoms in total. The van der Waals surface area contributed by atoms with Crippen molar-refractivity contribution in [3.63, 3.8) is 0 Å². The molecule has 0 aliphatic rings. The summed E-state index contributed by atoms with van der Waals surface area (Å²) in [6.07, 6.45) is 3.53. The molecule has 0 unspecified atom stereocenters. The molecule has 0 amide bonds. The van der Waals surface area contributed by atoms with Crippen LogP contribution in [0.4, 0.5) is 22.0 Å². The predicted molar refractivity (Wildman–Crippen MR) is 234 cm³/mol. The Balaban J connectivity index is 0.000000183. The van der Waals surface area contributed by atoms with Crippen LogP contribution in [0.1, 0.15) is 25.3 Å². The lowest BCUT2D eigenvalue weighted by Crippen LogP contribution is -2.28. The van der Waals surface area contributed by atoms with Crippen LogP contribution in [0.25, 0.3) is 66.1 Å². The maximum atomic E-state index is 14.8. The molecule has 8 aromatic rings. The van der Waals surface area contributed by atoms with E-state index < -0.39 is 27.2 Å². The van der Waals surface area contributed by atoms with Crippen LogP contribution < -0.4 is 4.18 Å². The number of unbranched alkanes of at least 4 members (excludes halogenated alkanes) is 1. The molecule has 0 saturated carbocycles. The molecule has 0 bridgehead atoms. The third-order valence-corrected chi connectivity index (χ3v) is 11.4. The first kappa shape index (κ1) is 42.4. The van der Waals surface area contributed by atoms with Gasteiger partial charge < -0.3 is 4.18 Å². The van der Waals surface area contributed by atoms with Crippen LogP contribution in [-0.2, 0) is 16.5 Å². The first-order valence-corrected chi connectivity index (χ1v) is 21.0. The first-order chi connectivity index (χ1) is 28.7. The highest BCUT2D eigenvalue weighted by molar-refractivity contribution is 7.88. The highest BCUT2D eigenvalue weighted by Gasteiger charge is 2.48. The van der Waals surface area contributed by atoms with E-state index >= 15 is 0 Å². The number of alkyl halides is 3. The summed E-state index contributed by atoms with van der Waals surface area (Å²) in [6, 6.07) is 45.9. The summed E-state index contributed by atoms with van der Waals surface area (Å²) >= 11 is 11.8. The molecular formula is C49H35Cl2F5O3S. The van der Waals surface area contributed by atoms with Gasteiger partial charge in [0.05, 0.1) is 0 Å². The van der Waals surface area contributed by atoms with Crippen molar-refractivity contribution < 1.29 is 34.6 Å². The largest absolute Gasteiger partial charge is 0.534 e. The second kappa shape index (κ2) is 17.9. The van der Waals surface area contributed by atoms with Gasteiger partial charge in [-0.2, -0.15) is 21.6 Å². The van der Waals surface area contributed by atoms with E-state index in [1.54, 1.807) is 72.8 Å². The summed E-state index contributed by atoms with van der Waals surface area (Å²) in [5.41, 5.74) is 1.54. The zero-order chi connectivity index (χ0) is 42.6. The summed E-state index contributed by atoms with van der Waals surface area (Å²) < 4.78 is 93.6. The number of halogens is 7. The van der Waals surface area contributed by atoms with E-state index in [-0.39, 0.29) is 5.82 Å². The Morgan fingerprint density at radius 1 is 0.500 bits per heavy atom. The van der Waals surface area contributed by atoms with E-state index in [4.69, 9.17) is 23.2 Å². The molecule has 0 N–H and O–H groups in total. The van der Waals surface area contributed by atoms with Crippen molar-refractivity contribution in [3.05, 3.63) is 185 Å². The highest BCUT2D eigenvalue weighted by atomic mass is 35.5. The van der Waals surface area contributed by atoms with Gasteiger partial charge in [0.25, 0.3) is 0 Å². The summed E-state index contributed by atoms with van der Waals surface area (Å²) in [4.78, 5) is 0. The van der Waals surface area contributed by atoms with Crippen LogP contribution in [0, 0.1) is 11.6 Å². The van der Waals surface area contributed by atoms with Crippen molar-refractivity contribution in [2.75, 3.05) is 0 Å². The van der Waals surface area contributed by atoms with Gasteiger partial charge in [0.1, 0.15) is 17.4 Å². The van der Waals surface area contributed by atoms with Crippen molar-refractivity contribution in [1.82, 2.24) is 0 Å². The fourth-order valence-electron chi connectivity index (χ4n) is 6.76. The molecule has 8 aromatic carbocycles. The van der Waals surface area contributed by atoms with E-state index in [0.29, 0.717) is 48.6 Å². The minimum atomic E-state index is -5.75. The lowest BCUT2D eigenvalue weighted by Gasteiger charge is -2.11. The summed E-state index contributed by atoms with van der Waals surface area (Å²) in [5, 5.41) is 4.68. The van der Waals surface area contributed by atoms with Crippen molar-refractivity contribution in [3.8, 4) is 50.3 Å². The lowest BCUT2D eigenvalue weighted by molar-refractivity contribution is -0.0500. The summed E-state index contributed by atoms with van der Waals surface area (Å²) in [5.74, 6) is -1.11. The van der Waals surface area contributed by atoms with Gasteiger partial charge in [0.15, 0.2) is 0 Å². The van der Waals surface area contributed by atoms with Crippen LogP contribution in [0.2, 0.25) is 10.0 Å². The van der Waals surface area contributed by atoms with Gasteiger partial charge in [-0.1, -0.05) is 134 Å². The van der Waals surface area contributed by atoms with Gasteiger partial charge in [-0.25, -0.2) is 8.78 Å². The minimum absolute atomic E-state index is 0.227. The fourth-order valence-corrected chi connectivity index (χ4v) is 7.46. The molecule has 0 aromatic heterocycles. The molecule has 0 saturated heterocycles. The van der Waals surface area contributed by atoms with Gasteiger partial charge in [-0.3, -0.25) is 0 Å². The van der Waals surface area contributed by atoms with Crippen LogP contribution in [0.5, 0.6) is 5.75 Å². The monoisotopic (exact) mass is 868 g/mol. The van der Waals surface area contributed by atoms with E-state index in [9.17, 15) is 30.4 Å². The van der Waals surface area contributed by atoms with E-state index in [0.717, 1.165) is 29.2 Å². The van der Waals surface area contributed by atoms with Crippen LogP contribution in [-0.4, -0.2) is 13.9 Å². The molecule has 304 valence electrons. The second-order valence-electron chi connectivity index (χ2n) is 14.1. The number of benzene rings is 8. The Labute approximate surface area is 354 Å².